The van der Waals surface area contributed by atoms with Crippen molar-refractivity contribution in [3.05, 3.63) is 42.5 Å². The van der Waals surface area contributed by atoms with Gasteiger partial charge in [-0.25, -0.2) is 0 Å². The van der Waals surface area contributed by atoms with Crippen molar-refractivity contribution in [3.8, 4) is 11.1 Å². The van der Waals surface area contributed by atoms with Crippen LogP contribution in [0, 0.1) is 0 Å². The van der Waals surface area contributed by atoms with Crippen LogP contribution in [0.4, 0.5) is 17.1 Å². The van der Waals surface area contributed by atoms with Gasteiger partial charge in [-0.05, 0) is 35.9 Å². The number of anilines is 3. The Balaban J connectivity index is 2.42. The van der Waals surface area contributed by atoms with Crippen molar-refractivity contribution in [2.24, 2.45) is 0 Å². The molecule has 0 heterocycles. The molecule has 2 aromatic carbocycles. The Labute approximate surface area is 106 Å². The molecule has 0 aromatic heterocycles. The predicted molar refractivity (Wildman–Crippen MR) is 75.0 cm³/mol. The fraction of sp³-hybridized carbons (Fsp3) is 0.0714. The maximum absolute atomic E-state index is 11.0. The number of benzene rings is 2. The van der Waals surface area contributed by atoms with E-state index in [1.165, 1.54) is 6.92 Å². The lowest BCUT2D eigenvalue weighted by Gasteiger charge is -2.09. The molecular formula is C14H15N3O. The minimum absolute atomic E-state index is 0.108. The predicted octanol–water partition coefficient (Wildman–Crippen LogP) is 2.48. The van der Waals surface area contributed by atoms with Crippen LogP contribution in [-0.2, 0) is 4.79 Å². The largest absolute Gasteiger partial charge is 0.399 e. The molecular weight excluding hydrogens is 226 g/mol. The second-order valence-electron chi connectivity index (χ2n) is 4.11. The minimum atomic E-state index is -0.108. The Morgan fingerprint density at radius 1 is 1.06 bits per heavy atom. The molecule has 0 aliphatic rings. The van der Waals surface area contributed by atoms with Gasteiger partial charge in [0.2, 0.25) is 5.91 Å². The fourth-order valence-electron chi connectivity index (χ4n) is 1.75. The van der Waals surface area contributed by atoms with Crippen molar-refractivity contribution < 1.29 is 4.79 Å². The molecule has 18 heavy (non-hydrogen) atoms. The molecule has 4 heteroatoms. The summed E-state index contributed by atoms with van der Waals surface area (Å²) in [4.78, 5) is 11.0. The highest BCUT2D eigenvalue weighted by molar-refractivity contribution is 5.91. The van der Waals surface area contributed by atoms with Crippen molar-refractivity contribution in [2.75, 3.05) is 16.8 Å². The van der Waals surface area contributed by atoms with Gasteiger partial charge < -0.3 is 16.8 Å². The molecule has 0 bridgehead atoms. The zero-order valence-electron chi connectivity index (χ0n) is 10.1. The quantitative estimate of drug-likeness (QED) is 0.706. The number of nitrogens with two attached hydrogens (primary N) is 2. The highest BCUT2D eigenvalue weighted by atomic mass is 16.1. The molecule has 0 saturated heterocycles. The monoisotopic (exact) mass is 241 g/mol. The molecule has 92 valence electrons. The summed E-state index contributed by atoms with van der Waals surface area (Å²) < 4.78 is 0. The van der Waals surface area contributed by atoms with Gasteiger partial charge in [-0.3, -0.25) is 4.79 Å². The van der Waals surface area contributed by atoms with E-state index in [9.17, 15) is 4.79 Å². The van der Waals surface area contributed by atoms with E-state index in [0.717, 1.165) is 16.8 Å². The average molecular weight is 241 g/mol. The number of carbonyl (C=O) groups is 1. The number of carbonyl (C=O) groups excluding carboxylic acids is 1. The van der Waals surface area contributed by atoms with E-state index >= 15 is 0 Å². The standard InChI is InChI=1S/C14H15N3O/c1-9(18)17-12-6-7-14(16)13(8-12)10-2-4-11(15)5-3-10/h2-8H,15-16H2,1H3,(H,17,18). The fourth-order valence-corrected chi connectivity index (χ4v) is 1.75. The zero-order valence-corrected chi connectivity index (χ0v) is 10.1. The molecule has 0 aliphatic heterocycles. The molecule has 4 nitrogen and oxygen atoms in total. The Kier molecular flexibility index (Phi) is 3.19. The average Bonchev–Trinajstić information content (AvgIpc) is 2.32. The van der Waals surface area contributed by atoms with Crippen LogP contribution in [0.5, 0.6) is 0 Å². The Hall–Kier alpha value is -2.49. The summed E-state index contributed by atoms with van der Waals surface area (Å²) in [7, 11) is 0. The first-order valence-corrected chi connectivity index (χ1v) is 5.59. The van der Waals surface area contributed by atoms with Gasteiger partial charge in [0.15, 0.2) is 0 Å². The Morgan fingerprint density at radius 3 is 2.33 bits per heavy atom. The molecule has 2 rings (SSSR count). The van der Waals surface area contributed by atoms with Gasteiger partial charge in [-0.1, -0.05) is 12.1 Å². The Morgan fingerprint density at radius 2 is 1.72 bits per heavy atom. The summed E-state index contributed by atoms with van der Waals surface area (Å²) in [6, 6.07) is 12.8. The lowest BCUT2D eigenvalue weighted by molar-refractivity contribution is -0.114. The van der Waals surface area contributed by atoms with Crippen molar-refractivity contribution in [2.45, 2.75) is 6.92 Å². The van der Waals surface area contributed by atoms with Gasteiger partial charge in [0.05, 0.1) is 0 Å². The van der Waals surface area contributed by atoms with E-state index in [4.69, 9.17) is 11.5 Å². The van der Waals surface area contributed by atoms with Gasteiger partial charge in [0.1, 0.15) is 0 Å². The van der Waals surface area contributed by atoms with E-state index in [2.05, 4.69) is 5.32 Å². The van der Waals surface area contributed by atoms with Crippen LogP contribution in [0.25, 0.3) is 11.1 Å². The molecule has 0 atom stereocenters. The summed E-state index contributed by atoms with van der Waals surface area (Å²) in [5.41, 5.74) is 15.5. The zero-order chi connectivity index (χ0) is 13.1. The maximum Gasteiger partial charge on any atom is 0.221 e. The molecule has 0 fully saturated rings. The van der Waals surface area contributed by atoms with E-state index in [1.54, 1.807) is 12.1 Å². The molecule has 0 unspecified atom stereocenters. The normalized spacial score (nSPS) is 10.1. The second kappa shape index (κ2) is 4.79. The number of amides is 1. The van der Waals surface area contributed by atoms with Crippen LogP contribution < -0.4 is 16.8 Å². The van der Waals surface area contributed by atoms with Gasteiger partial charge in [-0.15, -0.1) is 0 Å². The highest BCUT2D eigenvalue weighted by Gasteiger charge is 2.05. The third-order valence-electron chi connectivity index (χ3n) is 2.60. The van der Waals surface area contributed by atoms with Crippen molar-refractivity contribution >= 4 is 23.0 Å². The van der Waals surface area contributed by atoms with Gasteiger partial charge in [0, 0.05) is 29.5 Å². The minimum Gasteiger partial charge on any atom is -0.399 e. The first-order chi connectivity index (χ1) is 8.56. The van der Waals surface area contributed by atoms with Crippen LogP contribution in [0.2, 0.25) is 0 Å². The summed E-state index contributed by atoms with van der Waals surface area (Å²) in [5, 5.41) is 2.73. The van der Waals surface area contributed by atoms with Crippen LogP contribution in [0.1, 0.15) is 6.92 Å². The molecule has 2 aromatic rings. The van der Waals surface area contributed by atoms with Crippen molar-refractivity contribution in [3.63, 3.8) is 0 Å². The van der Waals surface area contributed by atoms with Crippen LogP contribution in [0.15, 0.2) is 42.5 Å². The molecule has 0 aliphatic carbocycles. The first kappa shape index (κ1) is 12.0. The lowest BCUT2D eigenvalue weighted by Crippen LogP contribution is -2.06. The number of hydrogen-bond acceptors (Lipinski definition) is 3. The summed E-state index contributed by atoms with van der Waals surface area (Å²) >= 11 is 0. The van der Waals surface area contributed by atoms with Gasteiger partial charge in [-0.2, -0.15) is 0 Å². The SMILES string of the molecule is CC(=O)Nc1ccc(N)c(-c2ccc(N)cc2)c1. The summed E-state index contributed by atoms with van der Waals surface area (Å²) in [5.74, 6) is -0.108. The number of nitrogens with one attached hydrogen (secondary N) is 1. The lowest BCUT2D eigenvalue weighted by atomic mass is 10.0. The maximum atomic E-state index is 11.0. The third-order valence-corrected chi connectivity index (χ3v) is 2.60. The Bertz CT molecular complexity index is 576. The smallest absolute Gasteiger partial charge is 0.221 e. The number of hydrogen-bond donors (Lipinski definition) is 3. The van der Waals surface area contributed by atoms with Crippen LogP contribution in [-0.4, -0.2) is 5.91 Å². The number of rotatable bonds is 2. The molecule has 0 spiro atoms. The van der Waals surface area contributed by atoms with E-state index in [-0.39, 0.29) is 5.91 Å². The second-order valence-corrected chi connectivity index (χ2v) is 4.11. The summed E-state index contributed by atoms with van der Waals surface area (Å²) in [6.45, 7) is 1.47. The number of nitrogen functional groups attached to an aromatic ring is 2. The third kappa shape index (κ3) is 2.60. The van der Waals surface area contributed by atoms with E-state index < -0.39 is 0 Å². The molecule has 1 amide bonds. The topological polar surface area (TPSA) is 81.1 Å². The molecule has 0 saturated carbocycles. The van der Waals surface area contributed by atoms with Crippen molar-refractivity contribution in [1.82, 2.24) is 0 Å². The van der Waals surface area contributed by atoms with Gasteiger partial charge in [0.25, 0.3) is 0 Å². The highest BCUT2D eigenvalue weighted by Crippen LogP contribution is 2.29. The van der Waals surface area contributed by atoms with Crippen LogP contribution in [0.3, 0.4) is 0 Å². The van der Waals surface area contributed by atoms with Gasteiger partial charge >= 0.3 is 0 Å². The molecule has 0 radical (unpaired) electrons. The molecule has 5 N–H and O–H groups in total. The summed E-state index contributed by atoms with van der Waals surface area (Å²) in [6.07, 6.45) is 0. The van der Waals surface area contributed by atoms with E-state index in [0.29, 0.717) is 11.4 Å². The first-order valence-electron chi connectivity index (χ1n) is 5.59. The van der Waals surface area contributed by atoms with Crippen LogP contribution >= 0.6 is 0 Å². The van der Waals surface area contributed by atoms with E-state index in [1.807, 2.05) is 30.3 Å². The van der Waals surface area contributed by atoms with Crippen molar-refractivity contribution in [1.29, 1.82) is 0 Å².